The number of aryl methyl sites for hydroxylation is 1. The summed E-state index contributed by atoms with van der Waals surface area (Å²) in [5, 5.41) is 14.5. The second-order valence-electron chi connectivity index (χ2n) is 5.63. The highest BCUT2D eigenvalue weighted by molar-refractivity contribution is 5.63. The van der Waals surface area contributed by atoms with Crippen molar-refractivity contribution in [2.24, 2.45) is 0 Å². The van der Waals surface area contributed by atoms with Gasteiger partial charge in [0.1, 0.15) is 11.6 Å². The number of piperidine rings is 1. The van der Waals surface area contributed by atoms with E-state index in [9.17, 15) is 5.11 Å². The van der Waals surface area contributed by atoms with E-state index in [0.717, 1.165) is 30.3 Å². The Balaban J connectivity index is 1.78. The molecule has 1 aliphatic rings. The number of para-hydroxylation sites is 1. The molecule has 3 rings (SSSR count). The summed E-state index contributed by atoms with van der Waals surface area (Å²) in [5.74, 6) is 1.75. The monoisotopic (exact) mass is 286 g/mol. The van der Waals surface area contributed by atoms with Crippen molar-refractivity contribution in [3.8, 4) is 17.1 Å². The minimum absolute atomic E-state index is 0.254. The minimum Gasteiger partial charge on any atom is -0.507 e. The van der Waals surface area contributed by atoms with Crippen LogP contribution in [0.4, 0.5) is 0 Å². The average Bonchev–Trinajstić information content (AvgIpc) is 2.87. The molecule has 0 unspecified atom stereocenters. The number of phenols is 1. The molecule has 2 aromatic rings. The third-order valence-corrected chi connectivity index (χ3v) is 4.00. The predicted molar refractivity (Wildman–Crippen MR) is 82.2 cm³/mol. The number of rotatable bonds is 4. The number of aromatic nitrogens is 3. The molecule has 1 aliphatic heterocycles. The summed E-state index contributed by atoms with van der Waals surface area (Å²) in [4.78, 5) is 6.96. The van der Waals surface area contributed by atoms with Gasteiger partial charge in [-0.05, 0) is 45.0 Å². The van der Waals surface area contributed by atoms with Crippen LogP contribution in [0.25, 0.3) is 11.4 Å². The van der Waals surface area contributed by atoms with Gasteiger partial charge in [0.05, 0.1) is 12.1 Å². The van der Waals surface area contributed by atoms with Crippen LogP contribution in [0.3, 0.4) is 0 Å². The van der Waals surface area contributed by atoms with Crippen LogP contribution < -0.4 is 0 Å². The molecule has 5 heteroatoms. The van der Waals surface area contributed by atoms with Gasteiger partial charge in [-0.2, -0.15) is 5.10 Å². The number of hydrogen-bond acceptors (Lipinski definition) is 4. The van der Waals surface area contributed by atoms with E-state index in [1.807, 2.05) is 29.8 Å². The molecule has 112 valence electrons. The van der Waals surface area contributed by atoms with Crippen molar-refractivity contribution in [1.29, 1.82) is 0 Å². The molecule has 1 fully saturated rings. The Kier molecular flexibility index (Phi) is 4.20. The summed E-state index contributed by atoms with van der Waals surface area (Å²) in [5.41, 5.74) is 0.747. The van der Waals surface area contributed by atoms with Crippen LogP contribution >= 0.6 is 0 Å². The van der Waals surface area contributed by atoms with Crippen molar-refractivity contribution >= 4 is 0 Å². The Morgan fingerprint density at radius 2 is 1.86 bits per heavy atom. The van der Waals surface area contributed by atoms with E-state index in [1.54, 1.807) is 6.07 Å². The number of aromatic hydroxyl groups is 1. The first-order valence-electron chi connectivity index (χ1n) is 7.66. The third kappa shape index (κ3) is 3.24. The Bertz CT molecular complexity index is 602. The molecule has 1 aromatic heterocycles. The molecule has 1 saturated heterocycles. The minimum atomic E-state index is 0.254. The van der Waals surface area contributed by atoms with Gasteiger partial charge in [-0.1, -0.05) is 18.6 Å². The standard InChI is InChI=1S/C16H22N4O/c1-13-17-16(14-7-3-4-8-15(14)21)20(18-13)12-11-19-9-5-2-6-10-19/h3-4,7-8,21H,2,5-6,9-12H2,1H3. The molecule has 0 saturated carbocycles. The number of benzene rings is 1. The summed E-state index contributed by atoms with van der Waals surface area (Å²) in [7, 11) is 0. The van der Waals surface area contributed by atoms with Crippen molar-refractivity contribution in [1.82, 2.24) is 19.7 Å². The highest BCUT2D eigenvalue weighted by atomic mass is 16.3. The maximum atomic E-state index is 10.0. The third-order valence-electron chi connectivity index (χ3n) is 4.00. The molecule has 0 amide bonds. The second-order valence-corrected chi connectivity index (χ2v) is 5.63. The van der Waals surface area contributed by atoms with Crippen LogP contribution in [-0.2, 0) is 6.54 Å². The molecule has 0 radical (unpaired) electrons. The van der Waals surface area contributed by atoms with E-state index in [0.29, 0.717) is 0 Å². The van der Waals surface area contributed by atoms with Crippen molar-refractivity contribution < 1.29 is 5.11 Å². The first-order chi connectivity index (χ1) is 10.2. The first kappa shape index (κ1) is 14.1. The summed E-state index contributed by atoms with van der Waals surface area (Å²) in [6.45, 7) is 6.05. The highest BCUT2D eigenvalue weighted by Crippen LogP contribution is 2.27. The van der Waals surface area contributed by atoms with Gasteiger partial charge in [-0.25, -0.2) is 9.67 Å². The van der Waals surface area contributed by atoms with Gasteiger partial charge < -0.3 is 10.0 Å². The Labute approximate surface area is 125 Å². The molecule has 1 N–H and O–H groups in total. The second kappa shape index (κ2) is 6.26. The van der Waals surface area contributed by atoms with Crippen LogP contribution in [-0.4, -0.2) is 44.4 Å². The zero-order valence-electron chi connectivity index (χ0n) is 12.5. The van der Waals surface area contributed by atoms with Gasteiger partial charge >= 0.3 is 0 Å². The van der Waals surface area contributed by atoms with E-state index in [4.69, 9.17) is 0 Å². The lowest BCUT2D eigenvalue weighted by molar-refractivity contribution is 0.218. The molecule has 21 heavy (non-hydrogen) atoms. The van der Waals surface area contributed by atoms with Gasteiger partial charge in [0.15, 0.2) is 5.82 Å². The lowest BCUT2D eigenvalue weighted by Crippen LogP contribution is -2.32. The predicted octanol–water partition coefficient (Wildman–Crippen LogP) is 2.45. The molecule has 0 bridgehead atoms. The number of hydrogen-bond donors (Lipinski definition) is 1. The van der Waals surface area contributed by atoms with Crippen molar-refractivity contribution in [2.45, 2.75) is 32.7 Å². The topological polar surface area (TPSA) is 54.2 Å². The van der Waals surface area contributed by atoms with Gasteiger partial charge in [0.2, 0.25) is 0 Å². The SMILES string of the molecule is Cc1nc(-c2ccccc2O)n(CCN2CCCCC2)n1. The van der Waals surface area contributed by atoms with E-state index in [-0.39, 0.29) is 5.75 Å². The van der Waals surface area contributed by atoms with Crippen molar-refractivity contribution in [3.05, 3.63) is 30.1 Å². The largest absolute Gasteiger partial charge is 0.507 e. The first-order valence-corrected chi connectivity index (χ1v) is 7.66. The molecular formula is C16H22N4O. The van der Waals surface area contributed by atoms with E-state index < -0.39 is 0 Å². The summed E-state index contributed by atoms with van der Waals surface area (Å²) in [6, 6.07) is 7.30. The Morgan fingerprint density at radius 3 is 2.62 bits per heavy atom. The van der Waals surface area contributed by atoms with E-state index >= 15 is 0 Å². The van der Waals surface area contributed by atoms with Crippen LogP contribution in [0.2, 0.25) is 0 Å². The fourth-order valence-corrected chi connectivity index (χ4v) is 2.89. The van der Waals surface area contributed by atoms with Gasteiger partial charge in [0, 0.05) is 6.54 Å². The maximum Gasteiger partial charge on any atom is 0.162 e. The van der Waals surface area contributed by atoms with Gasteiger partial charge in [-0.3, -0.25) is 0 Å². The van der Waals surface area contributed by atoms with Crippen LogP contribution in [0.5, 0.6) is 5.75 Å². The highest BCUT2D eigenvalue weighted by Gasteiger charge is 2.15. The lowest BCUT2D eigenvalue weighted by Gasteiger charge is -2.26. The van der Waals surface area contributed by atoms with Gasteiger partial charge in [0.25, 0.3) is 0 Å². The molecule has 2 heterocycles. The lowest BCUT2D eigenvalue weighted by atomic mass is 10.1. The smallest absolute Gasteiger partial charge is 0.162 e. The van der Waals surface area contributed by atoms with Crippen LogP contribution in [0, 0.1) is 6.92 Å². The molecular weight excluding hydrogens is 264 g/mol. The summed E-state index contributed by atoms with van der Waals surface area (Å²) in [6.07, 6.45) is 3.94. The Hall–Kier alpha value is -1.88. The zero-order chi connectivity index (χ0) is 14.7. The molecule has 0 aliphatic carbocycles. The molecule has 0 atom stereocenters. The summed E-state index contributed by atoms with van der Waals surface area (Å²) < 4.78 is 1.92. The molecule has 5 nitrogen and oxygen atoms in total. The van der Waals surface area contributed by atoms with E-state index in [1.165, 1.54) is 32.4 Å². The fraction of sp³-hybridized carbons (Fsp3) is 0.500. The van der Waals surface area contributed by atoms with Crippen molar-refractivity contribution in [3.63, 3.8) is 0 Å². The summed E-state index contributed by atoms with van der Waals surface area (Å²) >= 11 is 0. The average molecular weight is 286 g/mol. The quantitative estimate of drug-likeness (QED) is 0.938. The van der Waals surface area contributed by atoms with Gasteiger partial charge in [-0.15, -0.1) is 0 Å². The van der Waals surface area contributed by atoms with Crippen LogP contribution in [0.15, 0.2) is 24.3 Å². The van der Waals surface area contributed by atoms with Crippen LogP contribution in [0.1, 0.15) is 25.1 Å². The zero-order valence-corrected chi connectivity index (χ0v) is 12.5. The number of phenolic OH excluding ortho intramolecular Hbond substituents is 1. The number of nitrogens with zero attached hydrogens (tertiary/aromatic N) is 4. The van der Waals surface area contributed by atoms with E-state index in [2.05, 4.69) is 15.0 Å². The normalized spacial score (nSPS) is 16.2. The number of likely N-dealkylation sites (tertiary alicyclic amines) is 1. The molecule has 1 aromatic carbocycles. The molecule has 0 spiro atoms. The fourth-order valence-electron chi connectivity index (χ4n) is 2.89. The Morgan fingerprint density at radius 1 is 1.10 bits per heavy atom. The maximum absolute atomic E-state index is 10.0. The van der Waals surface area contributed by atoms with Crippen molar-refractivity contribution in [2.75, 3.05) is 19.6 Å².